The molecular weight excluding hydrogens is 428 g/mol. The third-order valence-corrected chi connectivity index (χ3v) is 8.03. The SMILES string of the molecule is Nc1cc(Oc2ccc(Oc3ccc(O)c(N)c3)c(C3C4CC5CC(C4)CC3C5)c2)ccc1O. The van der Waals surface area contributed by atoms with Gasteiger partial charge in [-0.25, -0.2) is 0 Å². The Balaban J connectivity index is 1.37. The third-order valence-electron chi connectivity index (χ3n) is 8.03. The highest BCUT2D eigenvalue weighted by Crippen LogP contribution is 2.61. The number of rotatable bonds is 5. The van der Waals surface area contributed by atoms with Crippen molar-refractivity contribution in [2.45, 2.75) is 38.0 Å². The van der Waals surface area contributed by atoms with Crippen LogP contribution in [-0.2, 0) is 0 Å². The molecule has 4 fully saturated rings. The number of hydrogen-bond acceptors (Lipinski definition) is 6. The minimum Gasteiger partial charge on any atom is -0.506 e. The molecule has 6 nitrogen and oxygen atoms in total. The molecule has 7 rings (SSSR count). The van der Waals surface area contributed by atoms with Crippen LogP contribution in [-0.4, -0.2) is 10.2 Å². The fourth-order valence-electron chi connectivity index (χ4n) is 6.83. The Hall–Kier alpha value is -3.54. The monoisotopic (exact) mass is 458 g/mol. The highest BCUT2D eigenvalue weighted by Gasteiger charge is 2.49. The molecule has 0 radical (unpaired) electrons. The molecule has 0 heterocycles. The van der Waals surface area contributed by atoms with Crippen LogP contribution in [0.5, 0.6) is 34.5 Å². The normalized spacial score (nSPS) is 27.0. The summed E-state index contributed by atoms with van der Waals surface area (Å²) in [5.74, 6) is 6.30. The second-order valence-electron chi connectivity index (χ2n) is 10.3. The number of ether oxygens (including phenoxy) is 2. The second-order valence-corrected chi connectivity index (χ2v) is 10.3. The van der Waals surface area contributed by atoms with Crippen LogP contribution in [0.4, 0.5) is 11.4 Å². The zero-order valence-electron chi connectivity index (χ0n) is 19.0. The summed E-state index contributed by atoms with van der Waals surface area (Å²) in [7, 11) is 0. The molecule has 176 valence electrons. The van der Waals surface area contributed by atoms with Gasteiger partial charge in [0, 0.05) is 17.7 Å². The molecule has 0 aliphatic heterocycles. The zero-order valence-corrected chi connectivity index (χ0v) is 19.0. The molecule has 0 atom stereocenters. The van der Waals surface area contributed by atoms with Crippen molar-refractivity contribution in [1.82, 2.24) is 0 Å². The van der Waals surface area contributed by atoms with Crippen molar-refractivity contribution in [2.24, 2.45) is 23.7 Å². The maximum Gasteiger partial charge on any atom is 0.138 e. The van der Waals surface area contributed by atoms with Gasteiger partial charge in [0.25, 0.3) is 0 Å². The quantitative estimate of drug-likeness (QED) is 0.261. The van der Waals surface area contributed by atoms with Crippen molar-refractivity contribution in [3.05, 3.63) is 60.2 Å². The van der Waals surface area contributed by atoms with Gasteiger partial charge in [0.1, 0.15) is 34.5 Å². The Bertz CT molecular complexity index is 1210. The van der Waals surface area contributed by atoms with E-state index in [-0.39, 0.29) is 17.2 Å². The first-order valence-corrected chi connectivity index (χ1v) is 12.1. The maximum atomic E-state index is 9.80. The Labute approximate surface area is 199 Å². The van der Waals surface area contributed by atoms with E-state index in [2.05, 4.69) is 6.07 Å². The molecule has 3 aromatic rings. The lowest BCUT2D eigenvalue weighted by atomic mass is 9.50. The second kappa shape index (κ2) is 8.05. The van der Waals surface area contributed by atoms with Crippen LogP contribution >= 0.6 is 0 Å². The molecule has 6 N–H and O–H groups in total. The number of nitrogens with two attached hydrogens (primary N) is 2. The topological polar surface area (TPSA) is 111 Å². The van der Waals surface area contributed by atoms with Crippen molar-refractivity contribution >= 4 is 11.4 Å². The van der Waals surface area contributed by atoms with Gasteiger partial charge in [-0.2, -0.15) is 0 Å². The fraction of sp³-hybridized carbons (Fsp3) is 0.357. The summed E-state index contributed by atoms with van der Waals surface area (Å²) in [6.45, 7) is 0. The Kier molecular flexibility index (Phi) is 4.97. The van der Waals surface area contributed by atoms with Gasteiger partial charge < -0.3 is 31.2 Å². The molecule has 4 aliphatic carbocycles. The van der Waals surface area contributed by atoms with Gasteiger partial charge in [0.15, 0.2) is 0 Å². The van der Waals surface area contributed by atoms with Crippen LogP contribution < -0.4 is 20.9 Å². The summed E-state index contributed by atoms with van der Waals surface area (Å²) < 4.78 is 12.5. The van der Waals surface area contributed by atoms with E-state index in [1.54, 1.807) is 30.3 Å². The maximum absolute atomic E-state index is 9.80. The van der Waals surface area contributed by atoms with E-state index in [9.17, 15) is 10.2 Å². The smallest absolute Gasteiger partial charge is 0.138 e. The van der Waals surface area contributed by atoms with E-state index in [0.29, 0.717) is 40.7 Å². The van der Waals surface area contributed by atoms with Gasteiger partial charge in [0.05, 0.1) is 11.4 Å². The number of hydrogen-bond donors (Lipinski definition) is 4. The molecule has 4 aliphatic rings. The number of phenolic OH excluding ortho intramolecular Hbond substituents is 2. The van der Waals surface area contributed by atoms with E-state index in [0.717, 1.165) is 17.6 Å². The molecule has 0 aromatic heterocycles. The lowest BCUT2D eigenvalue weighted by molar-refractivity contribution is -0.00339. The summed E-state index contributed by atoms with van der Waals surface area (Å²) in [6.07, 6.45) is 6.58. The molecule has 34 heavy (non-hydrogen) atoms. The average Bonchev–Trinajstić information content (AvgIpc) is 2.79. The van der Waals surface area contributed by atoms with Gasteiger partial charge >= 0.3 is 0 Å². The average molecular weight is 459 g/mol. The van der Waals surface area contributed by atoms with Crippen molar-refractivity contribution in [1.29, 1.82) is 0 Å². The first-order chi connectivity index (χ1) is 16.4. The fourth-order valence-corrected chi connectivity index (χ4v) is 6.83. The van der Waals surface area contributed by atoms with Gasteiger partial charge in [-0.05, 0) is 104 Å². The summed E-state index contributed by atoms with van der Waals surface area (Å²) in [5, 5.41) is 19.5. The largest absolute Gasteiger partial charge is 0.506 e. The highest BCUT2D eigenvalue weighted by molar-refractivity contribution is 5.57. The molecule has 0 saturated heterocycles. The Morgan fingerprint density at radius 1 is 0.618 bits per heavy atom. The molecule has 6 heteroatoms. The molecule has 4 bridgehead atoms. The molecule has 0 spiro atoms. The number of benzene rings is 3. The van der Waals surface area contributed by atoms with Crippen LogP contribution in [0.1, 0.15) is 43.6 Å². The molecule has 3 aromatic carbocycles. The minimum absolute atomic E-state index is 0.0403. The van der Waals surface area contributed by atoms with E-state index >= 15 is 0 Å². The van der Waals surface area contributed by atoms with Gasteiger partial charge in [-0.1, -0.05) is 0 Å². The Morgan fingerprint density at radius 3 is 1.68 bits per heavy atom. The van der Waals surface area contributed by atoms with E-state index in [1.807, 2.05) is 12.1 Å². The lowest BCUT2D eigenvalue weighted by Crippen LogP contribution is -2.43. The number of aromatic hydroxyl groups is 2. The van der Waals surface area contributed by atoms with Crippen molar-refractivity contribution in [3.8, 4) is 34.5 Å². The lowest BCUT2D eigenvalue weighted by Gasteiger charge is -2.54. The third kappa shape index (κ3) is 3.77. The number of phenols is 2. The predicted octanol–water partition coefficient (Wildman–Crippen LogP) is 6.39. The van der Waals surface area contributed by atoms with Crippen LogP contribution in [0, 0.1) is 23.7 Å². The molecule has 0 amide bonds. The predicted molar refractivity (Wildman–Crippen MR) is 131 cm³/mol. The van der Waals surface area contributed by atoms with E-state index in [1.165, 1.54) is 43.7 Å². The van der Waals surface area contributed by atoms with Crippen LogP contribution in [0.15, 0.2) is 54.6 Å². The summed E-state index contributed by atoms with van der Waals surface area (Å²) >= 11 is 0. The Morgan fingerprint density at radius 2 is 1.12 bits per heavy atom. The summed E-state index contributed by atoms with van der Waals surface area (Å²) in [5.41, 5.74) is 13.5. The van der Waals surface area contributed by atoms with E-state index < -0.39 is 0 Å². The summed E-state index contributed by atoms with van der Waals surface area (Å²) in [6, 6.07) is 15.8. The molecule has 4 saturated carbocycles. The zero-order chi connectivity index (χ0) is 23.4. The van der Waals surface area contributed by atoms with E-state index in [4.69, 9.17) is 20.9 Å². The number of nitrogen functional groups attached to an aromatic ring is 2. The number of anilines is 2. The molecular formula is C28H30N2O4. The van der Waals surface area contributed by atoms with Gasteiger partial charge in [-0.15, -0.1) is 0 Å². The molecule has 0 unspecified atom stereocenters. The summed E-state index contributed by atoms with van der Waals surface area (Å²) in [4.78, 5) is 0. The van der Waals surface area contributed by atoms with Crippen molar-refractivity contribution in [2.75, 3.05) is 11.5 Å². The van der Waals surface area contributed by atoms with Crippen molar-refractivity contribution < 1.29 is 19.7 Å². The standard InChI is InChI=1S/C28H30N2O4/c29-23-13-20(1-4-25(23)31)33-19-3-6-27(34-21-2-5-26(32)24(30)14-21)22(12-19)28-17-8-15-7-16(10-17)11-18(28)9-15/h1-6,12-18,28,31-32H,7-11,29-30H2. The van der Waals surface area contributed by atoms with Crippen LogP contribution in [0.3, 0.4) is 0 Å². The first kappa shape index (κ1) is 21.0. The highest BCUT2D eigenvalue weighted by atomic mass is 16.5. The van der Waals surface area contributed by atoms with Crippen LogP contribution in [0.2, 0.25) is 0 Å². The van der Waals surface area contributed by atoms with Crippen LogP contribution in [0.25, 0.3) is 0 Å². The van der Waals surface area contributed by atoms with Gasteiger partial charge in [-0.3, -0.25) is 0 Å². The van der Waals surface area contributed by atoms with Crippen molar-refractivity contribution in [3.63, 3.8) is 0 Å². The minimum atomic E-state index is 0.0403. The first-order valence-electron chi connectivity index (χ1n) is 12.1. The van der Waals surface area contributed by atoms with Gasteiger partial charge in [0.2, 0.25) is 0 Å².